The largest absolute Gasteiger partial charge is 0.392 e. The fourth-order valence-electron chi connectivity index (χ4n) is 3.92. The van der Waals surface area contributed by atoms with Gasteiger partial charge >= 0.3 is 0 Å². The fourth-order valence-corrected chi connectivity index (χ4v) is 4.09. The van der Waals surface area contributed by atoms with E-state index in [9.17, 15) is 13.9 Å². The Hall–Kier alpha value is -2.76. The molecule has 2 aromatic carbocycles. The number of halogens is 3. The minimum atomic E-state index is -0.399. The maximum absolute atomic E-state index is 13.9. The Morgan fingerprint density at radius 3 is 2.47 bits per heavy atom. The first-order valence-electron chi connectivity index (χ1n) is 12.5. The zero-order chi connectivity index (χ0) is 26.7. The number of benzene rings is 2. The third-order valence-electron chi connectivity index (χ3n) is 6.02. The molecule has 0 fully saturated rings. The molecule has 0 aliphatic heterocycles. The highest BCUT2D eigenvalue weighted by Crippen LogP contribution is 2.35. The van der Waals surface area contributed by atoms with Crippen molar-refractivity contribution in [2.24, 2.45) is 4.99 Å². The van der Waals surface area contributed by atoms with Gasteiger partial charge in [-0.1, -0.05) is 75.2 Å². The summed E-state index contributed by atoms with van der Waals surface area (Å²) in [5.74, 6) is -0.549. The lowest BCUT2D eigenvalue weighted by atomic mass is 9.92. The first-order valence-corrected chi connectivity index (χ1v) is 12.8. The van der Waals surface area contributed by atoms with Crippen LogP contribution in [0.2, 0.25) is 5.02 Å². The number of aromatic amines is 1. The van der Waals surface area contributed by atoms with Gasteiger partial charge in [-0.2, -0.15) is 0 Å². The molecule has 0 saturated carbocycles. The number of rotatable bonds is 9. The number of hydrogen-bond acceptors (Lipinski definition) is 2. The van der Waals surface area contributed by atoms with E-state index in [1.807, 2.05) is 44.2 Å². The van der Waals surface area contributed by atoms with Gasteiger partial charge in [0.1, 0.15) is 11.6 Å². The zero-order valence-electron chi connectivity index (χ0n) is 21.8. The predicted octanol–water partition coefficient (Wildman–Crippen LogP) is 9.19. The van der Waals surface area contributed by atoms with Gasteiger partial charge in [0.2, 0.25) is 0 Å². The summed E-state index contributed by atoms with van der Waals surface area (Å²) >= 11 is 6.02. The molecule has 1 unspecified atom stereocenters. The van der Waals surface area contributed by atoms with Crippen molar-refractivity contribution < 1.29 is 13.9 Å². The minimum absolute atomic E-state index is 0.0422. The van der Waals surface area contributed by atoms with Gasteiger partial charge in [0.05, 0.1) is 17.8 Å². The van der Waals surface area contributed by atoms with Crippen molar-refractivity contribution in [1.29, 1.82) is 0 Å². The van der Waals surface area contributed by atoms with Gasteiger partial charge in [0.15, 0.2) is 0 Å². The van der Waals surface area contributed by atoms with Gasteiger partial charge in [-0.15, -0.1) is 0 Å². The van der Waals surface area contributed by atoms with Crippen LogP contribution in [0.3, 0.4) is 0 Å². The SMILES string of the molecule is CCCCc1c(C(C)c2ccc(CO)cc2)[nH]c2cc(F)c(Cl)cc12.C\C=C(F)/C=N/C(C)=C/CC. The standard InChI is InChI=1S/C21H23ClFNO.C9H14FN/c1-3-4-5-16-17-10-18(22)19(23)11-20(17)24-21(16)13(2)15-8-6-14(12-25)7-9-15;1-4-6-8(3)11-7-9(10)5-2/h6-11,13,24-25H,3-5,12H2,1-2H3;5-7H,4H2,1-3H3/b;8-6+,9-5+,11-7+. The Balaban J connectivity index is 0.000000352. The molecule has 2 N–H and O–H groups in total. The molecule has 194 valence electrons. The third kappa shape index (κ3) is 8.14. The van der Waals surface area contributed by atoms with E-state index in [1.165, 1.54) is 23.9 Å². The number of aryl methyl sites for hydroxylation is 1. The summed E-state index contributed by atoms with van der Waals surface area (Å²) in [5, 5.41) is 10.4. The van der Waals surface area contributed by atoms with Crippen LogP contribution in [0.1, 0.15) is 82.2 Å². The average molecular weight is 515 g/mol. The molecular weight excluding hydrogens is 478 g/mol. The van der Waals surface area contributed by atoms with Crippen molar-refractivity contribution in [3.8, 4) is 0 Å². The first kappa shape index (κ1) is 29.5. The molecular formula is C30H37ClF2N2O. The number of nitrogens with one attached hydrogen (secondary N) is 1. The molecule has 6 heteroatoms. The maximum atomic E-state index is 13.9. The first-order chi connectivity index (χ1) is 17.2. The lowest BCUT2D eigenvalue weighted by molar-refractivity contribution is 0.282. The lowest BCUT2D eigenvalue weighted by Crippen LogP contribution is -2.01. The van der Waals surface area contributed by atoms with Crippen LogP contribution in [0.4, 0.5) is 8.78 Å². The van der Waals surface area contributed by atoms with Crippen LogP contribution in [0.15, 0.2) is 65.1 Å². The fraction of sp³-hybridized carbons (Fsp3) is 0.367. The summed E-state index contributed by atoms with van der Waals surface area (Å²) in [6, 6.07) is 11.2. The topological polar surface area (TPSA) is 48.4 Å². The normalized spacial score (nSPS) is 13.2. The number of nitrogens with zero attached hydrogens (tertiary/aromatic N) is 1. The van der Waals surface area contributed by atoms with Crippen molar-refractivity contribution >= 4 is 28.7 Å². The Kier molecular flexibility index (Phi) is 12.0. The second-order valence-corrected chi connectivity index (χ2v) is 9.15. The molecule has 1 heterocycles. The van der Waals surface area contributed by atoms with Crippen LogP contribution in [-0.2, 0) is 13.0 Å². The number of aliphatic hydroxyl groups is 1. The second kappa shape index (κ2) is 14.7. The maximum Gasteiger partial charge on any atom is 0.143 e. The number of aromatic nitrogens is 1. The van der Waals surface area contributed by atoms with Crippen molar-refractivity contribution in [2.45, 2.75) is 72.8 Å². The van der Waals surface area contributed by atoms with Crippen LogP contribution in [0, 0.1) is 5.82 Å². The van der Waals surface area contributed by atoms with Crippen molar-refractivity contribution in [3.05, 3.63) is 93.3 Å². The van der Waals surface area contributed by atoms with E-state index in [0.29, 0.717) is 0 Å². The number of allylic oxidation sites excluding steroid dienone is 4. The molecule has 0 aliphatic carbocycles. The molecule has 36 heavy (non-hydrogen) atoms. The molecule has 0 bridgehead atoms. The highest BCUT2D eigenvalue weighted by atomic mass is 35.5. The molecule has 3 aromatic rings. The van der Waals surface area contributed by atoms with Crippen LogP contribution in [-0.4, -0.2) is 16.3 Å². The molecule has 0 spiro atoms. The molecule has 0 radical (unpaired) electrons. The highest BCUT2D eigenvalue weighted by Gasteiger charge is 2.19. The zero-order valence-corrected chi connectivity index (χ0v) is 22.6. The molecule has 0 saturated heterocycles. The van der Waals surface area contributed by atoms with E-state index in [-0.39, 0.29) is 23.4 Å². The average Bonchev–Trinajstić information content (AvgIpc) is 3.23. The Morgan fingerprint density at radius 1 is 1.19 bits per heavy atom. The van der Waals surface area contributed by atoms with Gasteiger partial charge in [-0.05, 0) is 61.9 Å². The number of aliphatic imine (C=N–C) groups is 1. The van der Waals surface area contributed by atoms with Crippen LogP contribution in [0.25, 0.3) is 10.9 Å². The second-order valence-electron chi connectivity index (χ2n) is 8.74. The quantitative estimate of drug-likeness (QED) is 0.275. The van der Waals surface area contributed by atoms with Crippen molar-refractivity contribution in [1.82, 2.24) is 4.98 Å². The summed E-state index contributed by atoms with van der Waals surface area (Å²) in [5.41, 5.74) is 6.03. The van der Waals surface area contributed by atoms with Gasteiger partial charge in [0.25, 0.3) is 0 Å². The monoisotopic (exact) mass is 514 g/mol. The van der Waals surface area contributed by atoms with E-state index in [0.717, 1.165) is 59.1 Å². The van der Waals surface area contributed by atoms with Gasteiger partial charge < -0.3 is 10.1 Å². The number of hydrogen-bond donors (Lipinski definition) is 2. The Labute approximate surface area is 218 Å². The van der Waals surface area contributed by atoms with E-state index in [1.54, 1.807) is 13.0 Å². The minimum Gasteiger partial charge on any atom is -0.392 e. The molecule has 3 rings (SSSR count). The van der Waals surface area contributed by atoms with Gasteiger partial charge in [-0.3, -0.25) is 4.99 Å². The van der Waals surface area contributed by atoms with Crippen molar-refractivity contribution in [3.63, 3.8) is 0 Å². The van der Waals surface area contributed by atoms with Gasteiger partial charge in [-0.25, -0.2) is 8.78 Å². The molecule has 1 aromatic heterocycles. The summed E-state index contributed by atoms with van der Waals surface area (Å²) in [7, 11) is 0. The molecule has 1 atom stereocenters. The Bertz CT molecular complexity index is 1210. The summed E-state index contributed by atoms with van der Waals surface area (Å²) < 4.78 is 26.3. The highest BCUT2D eigenvalue weighted by molar-refractivity contribution is 6.31. The summed E-state index contributed by atoms with van der Waals surface area (Å²) in [6.45, 7) is 9.86. The van der Waals surface area contributed by atoms with Crippen LogP contribution < -0.4 is 0 Å². The van der Waals surface area contributed by atoms with Crippen LogP contribution in [0.5, 0.6) is 0 Å². The smallest absolute Gasteiger partial charge is 0.143 e. The third-order valence-corrected chi connectivity index (χ3v) is 6.31. The van der Waals surface area contributed by atoms with E-state index < -0.39 is 5.82 Å². The van der Waals surface area contributed by atoms with Gasteiger partial charge in [0, 0.05) is 28.2 Å². The van der Waals surface area contributed by atoms with Crippen molar-refractivity contribution in [2.75, 3.05) is 0 Å². The summed E-state index contributed by atoms with van der Waals surface area (Å²) in [6.07, 6.45) is 8.59. The van der Waals surface area contributed by atoms with Crippen LogP contribution >= 0.6 is 11.6 Å². The molecule has 0 aliphatic rings. The number of fused-ring (bicyclic) bond motifs is 1. The number of aliphatic hydroxyl groups excluding tert-OH is 1. The van der Waals surface area contributed by atoms with E-state index in [4.69, 9.17) is 11.6 Å². The number of H-pyrrole nitrogens is 1. The predicted molar refractivity (Wildman–Crippen MR) is 149 cm³/mol. The number of unbranched alkanes of at least 4 members (excludes halogenated alkanes) is 1. The van der Waals surface area contributed by atoms with E-state index in [2.05, 4.69) is 23.8 Å². The molecule has 3 nitrogen and oxygen atoms in total. The lowest BCUT2D eigenvalue weighted by Gasteiger charge is -2.14. The summed E-state index contributed by atoms with van der Waals surface area (Å²) in [4.78, 5) is 7.30. The molecule has 0 amide bonds. The Morgan fingerprint density at radius 2 is 1.89 bits per heavy atom. The van der Waals surface area contributed by atoms with E-state index >= 15 is 0 Å².